The van der Waals surface area contributed by atoms with E-state index in [1.807, 2.05) is 36.4 Å². The third kappa shape index (κ3) is 3.61. The van der Waals surface area contributed by atoms with E-state index in [9.17, 15) is 4.79 Å². The third-order valence-electron chi connectivity index (χ3n) is 5.97. The van der Waals surface area contributed by atoms with Gasteiger partial charge >= 0.3 is 5.97 Å². The van der Waals surface area contributed by atoms with Crippen LogP contribution in [0.5, 0.6) is 5.75 Å². The standard InChI is InChI=1S/C24H22ClN3O3/c1-31-21-8-6-16(13-18(21)25)23-26-19-4-2-3-17(19)24(27-23)28-10-9-15-11-14(12-22(29)30)5-7-20(15)28/h5-8,11,13H,2-4,9-10,12H2,1H3,(H,29,30). The number of carbonyl (C=O) groups is 1. The number of aromatic nitrogens is 2. The molecular weight excluding hydrogens is 414 g/mol. The maximum absolute atomic E-state index is 11.1. The highest BCUT2D eigenvalue weighted by atomic mass is 35.5. The van der Waals surface area contributed by atoms with Gasteiger partial charge in [-0.1, -0.05) is 23.7 Å². The number of anilines is 2. The van der Waals surface area contributed by atoms with Crippen LogP contribution in [0, 0.1) is 0 Å². The Morgan fingerprint density at radius 1 is 1.16 bits per heavy atom. The van der Waals surface area contributed by atoms with Crippen LogP contribution in [0.15, 0.2) is 36.4 Å². The van der Waals surface area contributed by atoms with Crippen molar-refractivity contribution in [3.05, 3.63) is 63.8 Å². The molecule has 2 aliphatic rings. The molecule has 1 N–H and O–H groups in total. The molecule has 0 saturated heterocycles. The summed E-state index contributed by atoms with van der Waals surface area (Å²) in [5, 5.41) is 9.63. The van der Waals surface area contributed by atoms with Crippen LogP contribution in [0.25, 0.3) is 11.4 Å². The fourth-order valence-corrected chi connectivity index (χ4v) is 4.79. The summed E-state index contributed by atoms with van der Waals surface area (Å²) in [5.74, 6) is 1.42. The lowest BCUT2D eigenvalue weighted by atomic mass is 10.1. The quantitative estimate of drug-likeness (QED) is 0.630. The second-order valence-corrected chi connectivity index (χ2v) is 8.34. The predicted molar refractivity (Wildman–Crippen MR) is 120 cm³/mol. The van der Waals surface area contributed by atoms with Crippen LogP contribution in [-0.2, 0) is 30.5 Å². The zero-order chi connectivity index (χ0) is 21.5. The Bertz CT molecular complexity index is 1190. The first-order valence-electron chi connectivity index (χ1n) is 10.4. The van der Waals surface area contributed by atoms with Gasteiger partial charge < -0.3 is 14.7 Å². The van der Waals surface area contributed by atoms with E-state index < -0.39 is 5.97 Å². The third-order valence-corrected chi connectivity index (χ3v) is 6.27. The average molecular weight is 436 g/mol. The number of ether oxygens (including phenoxy) is 1. The molecule has 3 aromatic rings. The van der Waals surface area contributed by atoms with Gasteiger partial charge in [-0.05, 0) is 61.1 Å². The number of benzene rings is 2. The van der Waals surface area contributed by atoms with E-state index in [2.05, 4.69) is 4.90 Å². The molecular formula is C24H22ClN3O3. The van der Waals surface area contributed by atoms with Crippen molar-refractivity contribution in [2.75, 3.05) is 18.6 Å². The molecule has 0 saturated carbocycles. The molecule has 2 heterocycles. The fourth-order valence-electron chi connectivity index (χ4n) is 4.53. The number of halogens is 1. The summed E-state index contributed by atoms with van der Waals surface area (Å²) < 4.78 is 5.27. The summed E-state index contributed by atoms with van der Waals surface area (Å²) >= 11 is 6.35. The van der Waals surface area contributed by atoms with E-state index in [1.54, 1.807) is 7.11 Å². The molecule has 0 fully saturated rings. The van der Waals surface area contributed by atoms with Gasteiger partial charge in [-0.25, -0.2) is 9.97 Å². The Morgan fingerprint density at radius 3 is 2.81 bits per heavy atom. The minimum atomic E-state index is -0.814. The molecule has 1 aliphatic carbocycles. The van der Waals surface area contributed by atoms with E-state index in [0.717, 1.165) is 66.1 Å². The summed E-state index contributed by atoms with van der Waals surface area (Å²) in [7, 11) is 1.59. The van der Waals surface area contributed by atoms with Gasteiger partial charge in [-0.2, -0.15) is 0 Å². The first-order valence-corrected chi connectivity index (χ1v) is 10.8. The zero-order valence-electron chi connectivity index (χ0n) is 17.2. The lowest BCUT2D eigenvalue weighted by Crippen LogP contribution is -2.18. The van der Waals surface area contributed by atoms with E-state index in [-0.39, 0.29) is 6.42 Å². The number of fused-ring (bicyclic) bond motifs is 2. The molecule has 0 bridgehead atoms. The van der Waals surface area contributed by atoms with Gasteiger partial charge in [-0.15, -0.1) is 0 Å². The van der Waals surface area contributed by atoms with Crippen molar-refractivity contribution in [2.24, 2.45) is 0 Å². The van der Waals surface area contributed by atoms with Crippen LogP contribution < -0.4 is 9.64 Å². The fraction of sp³-hybridized carbons (Fsp3) is 0.292. The number of methoxy groups -OCH3 is 1. The van der Waals surface area contributed by atoms with Crippen molar-refractivity contribution in [3.63, 3.8) is 0 Å². The number of carboxylic acid groups (broad SMARTS) is 1. The number of hydrogen-bond acceptors (Lipinski definition) is 5. The molecule has 0 atom stereocenters. The van der Waals surface area contributed by atoms with Crippen LogP contribution in [-0.4, -0.2) is 34.7 Å². The molecule has 1 aromatic heterocycles. The summed E-state index contributed by atoms with van der Waals surface area (Å²) in [6, 6.07) is 11.5. The predicted octanol–water partition coefficient (Wildman–Crippen LogP) is 4.62. The second-order valence-electron chi connectivity index (χ2n) is 7.93. The molecule has 5 rings (SSSR count). The molecule has 0 spiro atoms. The number of hydrogen-bond donors (Lipinski definition) is 1. The minimum Gasteiger partial charge on any atom is -0.495 e. The molecule has 1 aliphatic heterocycles. The maximum Gasteiger partial charge on any atom is 0.307 e. The first kappa shape index (κ1) is 19.8. The Hall–Kier alpha value is -3.12. The lowest BCUT2D eigenvalue weighted by molar-refractivity contribution is -0.136. The molecule has 7 heteroatoms. The van der Waals surface area contributed by atoms with Gasteiger partial charge in [0, 0.05) is 29.1 Å². The van der Waals surface area contributed by atoms with Crippen LogP contribution in [0.3, 0.4) is 0 Å². The summed E-state index contributed by atoms with van der Waals surface area (Å²) in [6.45, 7) is 0.818. The monoisotopic (exact) mass is 435 g/mol. The van der Waals surface area contributed by atoms with E-state index in [1.165, 1.54) is 5.56 Å². The smallest absolute Gasteiger partial charge is 0.307 e. The largest absolute Gasteiger partial charge is 0.495 e. The van der Waals surface area contributed by atoms with Crippen molar-refractivity contribution in [1.82, 2.24) is 9.97 Å². The van der Waals surface area contributed by atoms with Gasteiger partial charge in [0.1, 0.15) is 11.6 Å². The van der Waals surface area contributed by atoms with Crippen molar-refractivity contribution >= 4 is 29.1 Å². The Balaban J connectivity index is 1.57. The van der Waals surface area contributed by atoms with Gasteiger partial charge in [0.15, 0.2) is 5.82 Å². The SMILES string of the molecule is COc1ccc(-c2nc3c(c(N4CCc5cc(CC(=O)O)ccc54)n2)CCC3)cc1Cl. The highest BCUT2D eigenvalue weighted by molar-refractivity contribution is 6.32. The van der Waals surface area contributed by atoms with Gasteiger partial charge in [0.25, 0.3) is 0 Å². The van der Waals surface area contributed by atoms with E-state index in [4.69, 9.17) is 31.4 Å². The maximum atomic E-state index is 11.1. The number of nitrogens with zero attached hydrogens (tertiary/aromatic N) is 3. The van der Waals surface area contributed by atoms with Crippen LogP contribution >= 0.6 is 11.6 Å². The molecule has 6 nitrogen and oxygen atoms in total. The van der Waals surface area contributed by atoms with Gasteiger partial charge in [0.05, 0.1) is 18.6 Å². The Labute approximate surface area is 185 Å². The highest BCUT2D eigenvalue weighted by Crippen LogP contribution is 2.40. The summed E-state index contributed by atoms with van der Waals surface area (Å²) in [5.41, 5.74) is 6.26. The molecule has 0 radical (unpaired) electrons. The average Bonchev–Trinajstić information content (AvgIpc) is 3.39. The molecule has 158 valence electrons. The highest BCUT2D eigenvalue weighted by Gasteiger charge is 2.28. The number of rotatable bonds is 5. The second kappa shape index (κ2) is 7.85. The lowest BCUT2D eigenvalue weighted by Gasteiger charge is -2.22. The van der Waals surface area contributed by atoms with Crippen molar-refractivity contribution in [1.29, 1.82) is 0 Å². The Morgan fingerprint density at radius 2 is 2.03 bits per heavy atom. The first-order chi connectivity index (χ1) is 15.0. The molecule has 0 unspecified atom stereocenters. The molecule has 31 heavy (non-hydrogen) atoms. The summed E-state index contributed by atoms with van der Waals surface area (Å²) in [6.07, 6.45) is 3.89. The Kier molecular flexibility index (Phi) is 5.02. The van der Waals surface area contributed by atoms with Crippen molar-refractivity contribution in [3.8, 4) is 17.1 Å². The van der Waals surface area contributed by atoms with E-state index >= 15 is 0 Å². The number of aliphatic carboxylic acids is 1. The minimum absolute atomic E-state index is 0.0402. The number of aryl methyl sites for hydroxylation is 1. The summed E-state index contributed by atoms with van der Waals surface area (Å²) in [4.78, 5) is 23.2. The zero-order valence-corrected chi connectivity index (χ0v) is 17.9. The number of carboxylic acids is 1. The van der Waals surface area contributed by atoms with Crippen molar-refractivity contribution in [2.45, 2.75) is 32.1 Å². The topological polar surface area (TPSA) is 75.5 Å². The van der Waals surface area contributed by atoms with Crippen molar-refractivity contribution < 1.29 is 14.6 Å². The molecule has 2 aromatic carbocycles. The van der Waals surface area contributed by atoms with Crippen LogP contribution in [0.2, 0.25) is 5.02 Å². The normalized spacial score (nSPS) is 14.5. The molecule has 0 amide bonds. The van der Waals surface area contributed by atoms with Gasteiger partial charge in [0.2, 0.25) is 0 Å². The van der Waals surface area contributed by atoms with Crippen LogP contribution in [0.4, 0.5) is 11.5 Å². The van der Waals surface area contributed by atoms with E-state index in [0.29, 0.717) is 16.6 Å². The van der Waals surface area contributed by atoms with Crippen LogP contribution in [0.1, 0.15) is 28.8 Å². The van der Waals surface area contributed by atoms with Gasteiger partial charge in [-0.3, -0.25) is 4.79 Å².